The van der Waals surface area contributed by atoms with E-state index in [4.69, 9.17) is 5.11 Å². The Balaban J connectivity index is 1.77. The zero-order valence-electron chi connectivity index (χ0n) is 10.8. The lowest BCUT2D eigenvalue weighted by Crippen LogP contribution is -2.45. The van der Waals surface area contributed by atoms with E-state index in [0.717, 1.165) is 10.7 Å². The van der Waals surface area contributed by atoms with Crippen LogP contribution in [0.15, 0.2) is 5.38 Å². The first-order valence-electron chi connectivity index (χ1n) is 6.23. The molecule has 2 amide bonds. The van der Waals surface area contributed by atoms with E-state index in [2.05, 4.69) is 10.3 Å². The minimum atomic E-state index is -0.765. The molecule has 2 N–H and O–H groups in total. The standard InChI is InChI=1S/C12H17N3O3S/c1-8-7-19-10(14-8)6-13-12(18)15-4-2-9(3-5-15)11(16)17/h7,9H,2-6H2,1H3,(H,13,18)(H,16,17). The highest BCUT2D eigenvalue weighted by molar-refractivity contribution is 7.09. The first kappa shape index (κ1) is 13.8. The normalized spacial score (nSPS) is 16.4. The lowest BCUT2D eigenvalue weighted by Gasteiger charge is -2.30. The molecule has 2 rings (SSSR count). The van der Waals surface area contributed by atoms with E-state index < -0.39 is 5.97 Å². The number of likely N-dealkylation sites (tertiary alicyclic amines) is 1. The van der Waals surface area contributed by atoms with Crippen molar-refractivity contribution < 1.29 is 14.7 Å². The van der Waals surface area contributed by atoms with Gasteiger partial charge in [0.05, 0.1) is 12.5 Å². The molecular weight excluding hydrogens is 266 g/mol. The summed E-state index contributed by atoms with van der Waals surface area (Å²) in [4.78, 5) is 28.7. The van der Waals surface area contributed by atoms with Crippen LogP contribution in [0.3, 0.4) is 0 Å². The SMILES string of the molecule is Cc1csc(CNC(=O)N2CCC(C(=O)O)CC2)n1. The van der Waals surface area contributed by atoms with Crippen molar-refractivity contribution >= 4 is 23.3 Å². The molecule has 0 atom stereocenters. The van der Waals surface area contributed by atoms with Crippen LogP contribution in [0.1, 0.15) is 23.5 Å². The average molecular weight is 283 g/mol. The van der Waals surface area contributed by atoms with Crippen LogP contribution >= 0.6 is 11.3 Å². The number of carboxylic acid groups (broad SMARTS) is 1. The number of aliphatic carboxylic acids is 1. The fourth-order valence-electron chi connectivity index (χ4n) is 2.08. The molecule has 0 unspecified atom stereocenters. The van der Waals surface area contributed by atoms with E-state index in [9.17, 15) is 9.59 Å². The molecule has 0 spiro atoms. The van der Waals surface area contributed by atoms with Crippen LogP contribution in [-0.2, 0) is 11.3 Å². The van der Waals surface area contributed by atoms with Crippen molar-refractivity contribution in [3.05, 3.63) is 16.1 Å². The van der Waals surface area contributed by atoms with Crippen molar-refractivity contribution in [1.29, 1.82) is 0 Å². The van der Waals surface area contributed by atoms with E-state index in [1.54, 1.807) is 4.90 Å². The van der Waals surface area contributed by atoms with Gasteiger partial charge in [-0.05, 0) is 19.8 Å². The number of urea groups is 1. The maximum atomic E-state index is 11.9. The molecule has 1 aliphatic heterocycles. The summed E-state index contributed by atoms with van der Waals surface area (Å²) in [6, 6.07) is -0.142. The van der Waals surface area contributed by atoms with Gasteiger partial charge in [-0.2, -0.15) is 0 Å². The Hall–Kier alpha value is -1.63. The first-order valence-corrected chi connectivity index (χ1v) is 7.11. The summed E-state index contributed by atoms with van der Waals surface area (Å²) in [6.07, 6.45) is 1.05. The number of rotatable bonds is 3. The molecule has 0 radical (unpaired) electrons. The number of aryl methyl sites for hydroxylation is 1. The molecule has 2 heterocycles. The summed E-state index contributed by atoms with van der Waals surface area (Å²) in [7, 11) is 0. The van der Waals surface area contributed by atoms with Gasteiger partial charge in [-0.3, -0.25) is 4.79 Å². The van der Waals surface area contributed by atoms with E-state index >= 15 is 0 Å². The smallest absolute Gasteiger partial charge is 0.317 e. The summed E-state index contributed by atoms with van der Waals surface area (Å²) >= 11 is 1.52. The Morgan fingerprint density at radius 1 is 1.53 bits per heavy atom. The molecule has 0 aromatic carbocycles. The lowest BCUT2D eigenvalue weighted by molar-refractivity contribution is -0.143. The van der Waals surface area contributed by atoms with E-state index in [1.807, 2.05) is 12.3 Å². The highest BCUT2D eigenvalue weighted by Gasteiger charge is 2.26. The van der Waals surface area contributed by atoms with Crippen LogP contribution in [0.25, 0.3) is 0 Å². The number of carboxylic acids is 1. The predicted octanol–water partition coefficient (Wildman–Crippen LogP) is 1.46. The van der Waals surface area contributed by atoms with Crippen molar-refractivity contribution in [2.24, 2.45) is 5.92 Å². The van der Waals surface area contributed by atoms with Crippen LogP contribution in [0, 0.1) is 12.8 Å². The second kappa shape index (κ2) is 6.01. The Morgan fingerprint density at radius 3 is 2.74 bits per heavy atom. The van der Waals surface area contributed by atoms with Gasteiger partial charge in [0, 0.05) is 24.2 Å². The monoisotopic (exact) mass is 283 g/mol. The highest BCUT2D eigenvalue weighted by Crippen LogP contribution is 2.17. The lowest BCUT2D eigenvalue weighted by atomic mass is 9.97. The summed E-state index contributed by atoms with van der Waals surface area (Å²) in [6.45, 7) is 3.34. The van der Waals surface area contributed by atoms with Crippen LogP contribution in [-0.4, -0.2) is 40.1 Å². The van der Waals surface area contributed by atoms with Crippen molar-refractivity contribution in [2.75, 3.05) is 13.1 Å². The van der Waals surface area contributed by atoms with Crippen LogP contribution in [0.4, 0.5) is 4.79 Å². The highest BCUT2D eigenvalue weighted by atomic mass is 32.1. The third-order valence-corrected chi connectivity index (χ3v) is 4.16. The maximum absolute atomic E-state index is 11.9. The molecule has 7 heteroatoms. The average Bonchev–Trinajstić information content (AvgIpc) is 2.82. The number of thiazole rings is 1. The van der Waals surface area contributed by atoms with Crippen LogP contribution in [0.2, 0.25) is 0 Å². The number of hydrogen-bond acceptors (Lipinski definition) is 4. The fourth-order valence-corrected chi connectivity index (χ4v) is 2.79. The molecule has 6 nitrogen and oxygen atoms in total. The quantitative estimate of drug-likeness (QED) is 0.879. The molecule has 1 aromatic rings. The van der Waals surface area contributed by atoms with E-state index in [-0.39, 0.29) is 11.9 Å². The number of nitrogens with one attached hydrogen (secondary N) is 1. The Morgan fingerprint density at radius 2 is 2.21 bits per heavy atom. The number of carbonyl (C=O) groups excluding carboxylic acids is 1. The number of amides is 2. The van der Waals surface area contributed by atoms with Gasteiger partial charge in [0.15, 0.2) is 0 Å². The molecule has 1 fully saturated rings. The van der Waals surface area contributed by atoms with Gasteiger partial charge in [-0.15, -0.1) is 11.3 Å². The van der Waals surface area contributed by atoms with Crippen molar-refractivity contribution in [3.63, 3.8) is 0 Å². The fraction of sp³-hybridized carbons (Fsp3) is 0.583. The van der Waals surface area contributed by atoms with Gasteiger partial charge in [-0.25, -0.2) is 9.78 Å². The minimum absolute atomic E-state index is 0.142. The molecule has 1 saturated heterocycles. The Labute approximate surface area is 115 Å². The summed E-state index contributed by atoms with van der Waals surface area (Å²) in [5, 5.41) is 14.5. The molecular formula is C12H17N3O3S. The summed E-state index contributed by atoms with van der Waals surface area (Å²) < 4.78 is 0. The van der Waals surface area contributed by atoms with Gasteiger partial charge < -0.3 is 15.3 Å². The van der Waals surface area contributed by atoms with Gasteiger partial charge in [0.2, 0.25) is 0 Å². The topological polar surface area (TPSA) is 82.5 Å². The largest absolute Gasteiger partial charge is 0.481 e. The van der Waals surface area contributed by atoms with Crippen LogP contribution < -0.4 is 5.32 Å². The number of piperidine rings is 1. The third-order valence-electron chi connectivity index (χ3n) is 3.19. The van der Waals surface area contributed by atoms with Crippen molar-refractivity contribution in [1.82, 2.24) is 15.2 Å². The van der Waals surface area contributed by atoms with Gasteiger partial charge in [-0.1, -0.05) is 0 Å². The second-order valence-corrected chi connectivity index (χ2v) is 5.58. The van der Waals surface area contributed by atoms with Gasteiger partial charge >= 0.3 is 12.0 Å². The van der Waals surface area contributed by atoms with Crippen LogP contribution in [0.5, 0.6) is 0 Å². The summed E-state index contributed by atoms with van der Waals surface area (Å²) in [5.41, 5.74) is 0.955. The van der Waals surface area contributed by atoms with E-state index in [0.29, 0.717) is 32.5 Å². The zero-order valence-corrected chi connectivity index (χ0v) is 11.6. The maximum Gasteiger partial charge on any atom is 0.317 e. The molecule has 19 heavy (non-hydrogen) atoms. The predicted molar refractivity (Wildman–Crippen MR) is 71.0 cm³/mol. The number of aromatic nitrogens is 1. The third kappa shape index (κ3) is 3.66. The van der Waals surface area contributed by atoms with Gasteiger partial charge in [0.25, 0.3) is 0 Å². The van der Waals surface area contributed by atoms with Crippen molar-refractivity contribution in [2.45, 2.75) is 26.3 Å². The van der Waals surface area contributed by atoms with Crippen molar-refractivity contribution in [3.8, 4) is 0 Å². The Bertz CT molecular complexity index is 467. The number of hydrogen-bond donors (Lipinski definition) is 2. The number of carbonyl (C=O) groups is 2. The number of nitrogens with zero attached hydrogens (tertiary/aromatic N) is 2. The molecule has 1 aliphatic rings. The molecule has 0 bridgehead atoms. The van der Waals surface area contributed by atoms with E-state index in [1.165, 1.54) is 11.3 Å². The van der Waals surface area contributed by atoms with Gasteiger partial charge in [0.1, 0.15) is 5.01 Å². The molecule has 1 aromatic heterocycles. The zero-order chi connectivity index (χ0) is 13.8. The minimum Gasteiger partial charge on any atom is -0.481 e. The first-order chi connectivity index (χ1) is 9.06. The molecule has 0 aliphatic carbocycles. The Kier molecular flexibility index (Phi) is 4.36. The second-order valence-electron chi connectivity index (χ2n) is 4.64. The molecule has 0 saturated carbocycles. The summed E-state index contributed by atoms with van der Waals surface area (Å²) in [5.74, 6) is -1.08. The molecule has 104 valence electrons.